The number of piperidine rings is 1. The Hall–Kier alpha value is -1.42. The second-order valence-electron chi connectivity index (χ2n) is 5.16. The summed E-state index contributed by atoms with van der Waals surface area (Å²) in [5.74, 6) is 1.64. The van der Waals surface area contributed by atoms with Gasteiger partial charge in [0.1, 0.15) is 5.84 Å². The molecule has 1 heterocycles. The minimum absolute atomic E-state index is 0.250. The third kappa shape index (κ3) is 1.63. The van der Waals surface area contributed by atoms with Crippen LogP contribution in [0.5, 0.6) is 0 Å². The standard InChI is InChI=1S/C13H16ClN3O/c1-7-11-10(12(11)13(15)16-18)6-17(7)9-4-2-3-8(14)5-9/h2-5,7,10-12,18H,6H2,1H3,(H2,15,16)/t7?,10-,11?,12+/m0/s1. The third-order valence-electron chi connectivity index (χ3n) is 4.28. The number of amidine groups is 1. The molecule has 1 saturated carbocycles. The molecule has 1 aromatic carbocycles. The second-order valence-corrected chi connectivity index (χ2v) is 5.60. The molecule has 1 aliphatic heterocycles. The first-order chi connectivity index (χ1) is 8.63. The first-order valence-electron chi connectivity index (χ1n) is 6.13. The molecule has 0 radical (unpaired) electrons. The van der Waals surface area contributed by atoms with E-state index >= 15 is 0 Å². The maximum Gasteiger partial charge on any atom is 0.142 e. The lowest BCUT2D eigenvalue weighted by Gasteiger charge is -2.28. The monoisotopic (exact) mass is 265 g/mol. The Kier molecular flexibility index (Phi) is 2.63. The summed E-state index contributed by atoms with van der Waals surface area (Å²) < 4.78 is 0. The van der Waals surface area contributed by atoms with Crippen molar-refractivity contribution in [3.63, 3.8) is 0 Å². The van der Waals surface area contributed by atoms with Crippen LogP contribution in [0.3, 0.4) is 0 Å². The van der Waals surface area contributed by atoms with E-state index in [9.17, 15) is 0 Å². The molecule has 0 bridgehead atoms. The molecule has 2 fully saturated rings. The Bertz CT molecular complexity index is 505. The minimum Gasteiger partial charge on any atom is -0.409 e. The summed E-state index contributed by atoms with van der Waals surface area (Å²) in [7, 11) is 0. The molecule has 1 aromatic rings. The third-order valence-corrected chi connectivity index (χ3v) is 4.52. The highest BCUT2D eigenvalue weighted by atomic mass is 35.5. The summed E-state index contributed by atoms with van der Waals surface area (Å²) in [6.45, 7) is 3.14. The molecule has 96 valence electrons. The highest BCUT2D eigenvalue weighted by Crippen LogP contribution is 2.56. The largest absolute Gasteiger partial charge is 0.409 e. The van der Waals surface area contributed by atoms with Gasteiger partial charge < -0.3 is 15.8 Å². The van der Waals surface area contributed by atoms with Crippen LogP contribution in [-0.4, -0.2) is 23.6 Å². The van der Waals surface area contributed by atoms with Gasteiger partial charge in [0.15, 0.2) is 0 Å². The average Bonchev–Trinajstić information content (AvgIpc) is 2.99. The zero-order valence-electron chi connectivity index (χ0n) is 10.1. The molecule has 1 aliphatic carbocycles. The average molecular weight is 266 g/mol. The Morgan fingerprint density at radius 2 is 2.33 bits per heavy atom. The van der Waals surface area contributed by atoms with E-state index in [0.29, 0.717) is 23.7 Å². The number of halogens is 1. The molecular weight excluding hydrogens is 250 g/mol. The van der Waals surface area contributed by atoms with Crippen molar-refractivity contribution in [3.05, 3.63) is 29.3 Å². The van der Waals surface area contributed by atoms with Crippen LogP contribution in [0.15, 0.2) is 29.4 Å². The van der Waals surface area contributed by atoms with Gasteiger partial charge in [0.25, 0.3) is 0 Å². The maximum atomic E-state index is 8.74. The number of hydrogen-bond acceptors (Lipinski definition) is 3. The zero-order valence-corrected chi connectivity index (χ0v) is 10.9. The van der Waals surface area contributed by atoms with Crippen LogP contribution in [0.1, 0.15) is 6.92 Å². The second kappa shape index (κ2) is 4.05. The van der Waals surface area contributed by atoms with Crippen molar-refractivity contribution in [2.24, 2.45) is 28.6 Å². The summed E-state index contributed by atoms with van der Waals surface area (Å²) >= 11 is 6.02. The van der Waals surface area contributed by atoms with E-state index in [4.69, 9.17) is 22.5 Å². The number of nitrogens with zero attached hydrogens (tertiary/aromatic N) is 2. The molecule has 0 aromatic heterocycles. The van der Waals surface area contributed by atoms with Gasteiger partial charge in [-0.1, -0.05) is 22.8 Å². The Morgan fingerprint density at radius 1 is 1.56 bits per heavy atom. The fraction of sp³-hybridized carbons (Fsp3) is 0.462. The molecule has 3 N–H and O–H groups in total. The quantitative estimate of drug-likeness (QED) is 0.373. The zero-order chi connectivity index (χ0) is 12.9. The highest BCUT2D eigenvalue weighted by molar-refractivity contribution is 6.30. The normalized spacial score (nSPS) is 34.6. The Labute approximate surface area is 111 Å². The van der Waals surface area contributed by atoms with Gasteiger partial charge >= 0.3 is 0 Å². The van der Waals surface area contributed by atoms with Gasteiger partial charge in [0, 0.05) is 29.2 Å². The van der Waals surface area contributed by atoms with Crippen LogP contribution in [0.4, 0.5) is 5.69 Å². The van der Waals surface area contributed by atoms with Crippen LogP contribution in [-0.2, 0) is 0 Å². The number of nitrogens with two attached hydrogens (primary N) is 1. The van der Waals surface area contributed by atoms with E-state index < -0.39 is 0 Å². The van der Waals surface area contributed by atoms with E-state index in [1.165, 1.54) is 0 Å². The number of fused-ring (bicyclic) bond motifs is 1. The van der Waals surface area contributed by atoms with Gasteiger partial charge in [0.2, 0.25) is 0 Å². The minimum atomic E-state index is 0.250. The van der Waals surface area contributed by atoms with Crippen LogP contribution in [0.2, 0.25) is 5.02 Å². The maximum absolute atomic E-state index is 8.74. The van der Waals surface area contributed by atoms with E-state index in [1.807, 2.05) is 18.2 Å². The lowest BCUT2D eigenvalue weighted by Crippen LogP contribution is -2.34. The molecular formula is C13H16ClN3O. The lowest BCUT2D eigenvalue weighted by atomic mass is 10.1. The van der Waals surface area contributed by atoms with Crippen molar-refractivity contribution in [2.75, 3.05) is 11.4 Å². The van der Waals surface area contributed by atoms with Gasteiger partial charge in [0.05, 0.1) is 0 Å². The van der Waals surface area contributed by atoms with Crippen molar-refractivity contribution >= 4 is 23.1 Å². The summed E-state index contributed by atoms with van der Waals surface area (Å²) in [5.41, 5.74) is 6.85. The lowest BCUT2D eigenvalue weighted by molar-refractivity contribution is 0.315. The van der Waals surface area contributed by atoms with Gasteiger partial charge in [-0.2, -0.15) is 0 Å². The summed E-state index contributed by atoms with van der Waals surface area (Å²) in [5, 5.41) is 12.6. The number of oxime groups is 1. The molecule has 2 unspecified atom stereocenters. The first kappa shape index (κ1) is 11.7. The molecule has 4 nitrogen and oxygen atoms in total. The van der Waals surface area contributed by atoms with Crippen molar-refractivity contribution in [2.45, 2.75) is 13.0 Å². The predicted molar refractivity (Wildman–Crippen MR) is 72.1 cm³/mol. The Balaban J connectivity index is 1.78. The first-order valence-corrected chi connectivity index (χ1v) is 6.51. The number of hydrogen-bond donors (Lipinski definition) is 2. The molecule has 3 rings (SSSR count). The van der Waals surface area contributed by atoms with Gasteiger partial charge in [-0.05, 0) is 37.0 Å². The summed E-state index contributed by atoms with van der Waals surface area (Å²) in [6, 6.07) is 8.31. The van der Waals surface area contributed by atoms with Crippen molar-refractivity contribution in [1.82, 2.24) is 0 Å². The van der Waals surface area contributed by atoms with Gasteiger partial charge in [-0.3, -0.25) is 0 Å². The van der Waals surface area contributed by atoms with Crippen LogP contribution in [0.25, 0.3) is 0 Å². The molecule has 4 atom stereocenters. The molecule has 1 saturated heterocycles. The van der Waals surface area contributed by atoms with Crippen LogP contribution >= 0.6 is 11.6 Å². The van der Waals surface area contributed by atoms with Crippen molar-refractivity contribution in [1.29, 1.82) is 0 Å². The van der Waals surface area contributed by atoms with E-state index in [0.717, 1.165) is 17.3 Å². The summed E-state index contributed by atoms with van der Waals surface area (Å²) in [4.78, 5) is 2.35. The SMILES string of the molecule is CC1C2[C@H](CN1c1cccc(Cl)c1)[C@H]2/C(N)=N/O. The van der Waals surface area contributed by atoms with Gasteiger partial charge in [-0.25, -0.2) is 0 Å². The molecule has 18 heavy (non-hydrogen) atoms. The highest BCUT2D eigenvalue weighted by Gasteiger charge is 2.61. The molecule has 0 amide bonds. The Morgan fingerprint density at radius 3 is 2.89 bits per heavy atom. The van der Waals surface area contributed by atoms with Gasteiger partial charge in [-0.15, -0.1) is 0 Å². The van der Waals surface area contributed by atoms with E-state index in [-0.39, 0.29) is 5.92 Å². The van der Waals surface area contributed by atoms with E-state index in [1.54, 1.807) is 0 Å². The van der Waals surface area contributed by atoms with Crippen molar-refractivity contribution in [3.8, 4) is 0 Å². The fourth-order valence-electron chi connectivity index (χ4n) is 3.37. The number of rotatable bonds is 2. The topological polar surface area (TPSA) is 61.8 Å². The summed E-state index contributed by atoms with van der Waals surface area (Å²) in [6.07, 6.45) is 0. The van der Waals surface area contributed by atoms with Crippen LogP contribution < -0.4 is 10.6 Å². The molecule has 2 aliphatic rings. The fourth-order valence-corrected chi connectivity index (χ4v) is 3.56. The number of anilines is 1. The van der Waals surface area contributed by atoms with E-state index in [2.05, 4.69) is 23.0 Å². The smallest absolute Gasteiger partial charge is 0.142 e. The molecule has 5 heteroatoms. The number of benzene rings is 1. The van der Waals surface area contributed by atoms with Crippen LogP contribution in [0, 0.1) is 17.8 Å². The molecule has 0 spiro atoms. The van der Waals surface area contributed by atoms with Crippen molar-refractivity contribution < 1.29 is 5.21 Å². The predicted octanol–water partition coefficient (Wildman–Crippen LogP) is 2.16.